The summed E-state index contributed by atoms with van der Waals surface area (Å²) in [5.74, 6) is -0.0329. The Morgan fingerprint density at radius 1 is 1.48 bits per heavy atom. The van der Waals surface area contributed by atoms with E-state index in [4.69, 9.17) is 0 Å². The van der Waals surface area contributed by atoms with Gasteiger partial charge in [0, 0.05) is 36.6 Å². The van der Waals surface area contributed by atoms with Gasteiger partial charge in [-0.1, -0.05) is 6.07 Å². The van der Waals surface area contributed by atoms with Crippen LogP contribution in [0.5, 0.6) is 0 Å². The molecule has 0 aromatic carbocycles. The molecule has 1 aliphatic carbocycles. The number of fused-ring (bicyclic) bond motifs is 1. The highest BCUT2D eigenvalue weighted by Gasteiger charge is 2.24. The summed E-state index contributed by atoms with van der Waals surface area (Å²) in [6.07, 6.45) is 4.96. The van der Waals surface area contributed by atoms with Gasteiger partial charge in [-0.3, -0.25) is 9.48 Å². The predicted octanol–water partition coefficient (Wildman–Crippen LogP) is 1.94. The Morgan fingerprint density at radius 2 is 2.30 bits per heavy atom. The molecule has 0 bridgehead atoms. The van der Waals surface area contributed by atoms with Gasteiger partial charge in [-0.05, 0) is 43.6 Å². The lowest BCUT2D eigenvalue weighted by molar-refractivity contribution is 0.0929. The van der Waals surface area contributed by atoms with Crippen molar-refractivity contribution in [3.05, 3.63) is 39.3 Å². The van der Waals surface area contributed by atoms with Gasteiger partial charge in [0.05, 0.1) is 5.69 Å². The van der Waals surface area contributed by atoms with Crippen molar-refractivity contribution < 1.29 is 9.90 Å². The number of carbonyl (C=O) groups is 1. The van der Waals surface area contributed by atoms with Crippen molar-refractivity contribution in [1.82, 2.24) is 15.1 Å². The lowest BCUT2D eigenvalue weighted by atomic mass is 9.95. The molecule has 23 heavy (non-hydrogen) atoms. The average molecular weight is 333 g/mol. The zero-order valence-corrected chi connectivity index (χ0v) is 14.2. The fourth-order valence-corrected chi connectivity index (χ4v) is 4.02. The van der Waals surface area contributed by atoms with Crippen LogP contribution in [-0.2, 0) is 26.3 Å². The van der Waals surface area contributed by atoms with Gasteiger partial charge in [-0.2, -0.15) is 5.10 Å². The van der Waals surface area contributed by atoms with Crippen LogP contribution >= 0.6 is 11.3 Å². The number of nitrogens with zero attached hydrogens (tertiary/aromatic N) is 2. The first kappa shape index (κ1) is 16.2. The number of aryl methyl sites for hydroxylation is 2. The van der Waals surface area contributed by atoms with E-state index in [0.717, 1.165) is 43.4 Å². The number of aliphatic hydroxyl groups excluding tert-OH is 1. The van der Waals surface area contributed by atoms with Gasteiger partial charge >= 0.3 is 0 Å². The van der Waals surface area contributed by atoms with Gasteiger partial charge in [-0.25, -0.2) is 0 Å². The van der Waals surface area contributed by atoms with Crippen LogP contribution < -0.4 is 5.32 Å². The molecular formula is C17H23N3O2S. The summed E-state index contributed by atoms with van der Waals surface area (Å²) in [5, 5.41) is 19.1. The topological polar surface area (TPSA) is 67.2 Å². The highest BCUT2D eigenvalue weighted by Crippen LogP contribution is 2.23. The number of aromatic nitrogens is 2. The lowest BCUT2D eigenvalue weighted by Crippen LogP contribution is -2.33. The van der Waals surface area contributed by atoms with Crippen molar-refractivity contribution in [3.63, 3.8) is 0 Å². The minimum atomic E-state index is -0.0761. The van der Waals surface area contributed by atoms with Crippen LogP contribution in [0.3, 0.4) is 0 Å². The van der Waals surface area contributed by atoms with E-state index >= 15 is 0 Å². The second-order valence-corrected chi connectivity index (χ2v) is 7.18. The third kappa shape index (κ3) is 3.64. The second kappa shape index (κ2) is 7.27. The van der Waals surface area contributed by atoms with Crippen LogP contribution in [0.1, 0.15) is 39.5 Å². The Bertz CT molecular complexity index is 664. The molecule has 1 unspecified atom stereocenters. The Kier molecular flexibility index (Phi) is 5.13. The summed E-state index contributed by atoms with van der Waals surface area (Å²) in [5.41, 5.74) is 2.86. The van der Waals surface area contributed by atoms with Crippen molar-refractivity contribution in [2.75, 3.05) is 13.2 Å². The van der Waals surface area contributed by atoms with E-state index in [1.807, 2.05) is 18.5 Å². The first-order valence-electron chi connectivity index (χ1n) is 8.15. The molecule has 3 rings (SSSR count). The number of nitrogens with one attached hydrogen (secondary N) is 1. The normalized spacial score (nSPS) is 15.2. The molecule has 0 radical (unpaired) electrons. The summed E-state index contributed by atoms with van der Waals surface area (Å²) in [4.78, 5) is 13.8. The summed E-state index contributed by atoms with van der Waals surface area (Å²) in [6, 6.07) is 4.07. The average Bonchev–Trinajstić information content (AvgIpc) is 3.17. The Morgan fingerprint density at radius 3 is 3.04 bits per heavy atom. The van der Waals surface area contributed by atoms with Crippen LogP contribution in [0.15, 0.2) is 17.5 Å². The van der Waals surface area contributed by atoms with Crippen molar-refractivity contribution in [3.8, 4) is 0 Å². The fraction of sp³-hybridized carbons (Fsp3) is 0.529. The molecule has 2 aromatic rings. The van der Waals surface area contributed by atoms with Crippen molar-refractivity contribution in [2.24, 2.45) is 13.0 Å². The minimum absolute atomic E-state index is 0.0432. The molecule has 6 heteroatoms. The number of hydrogen-bond acceptors (Lipinski definition) is 4. The number of rotatable bonds is 6. The summed E-state index contributed by atoms with van der Waals surface area (Å²) in [7, 11) is 1.84. The maximum Gasteiger partial charge on any atom is 0.269 e. The Balaban J connectivity index is 1.64. The third-order valence-electron chi connectivity index (χ3n) is 4.41. The third-order valence-corrected chi connectivity index (χ3v) is 5.31. The summed E-state index contributed by atoms with van der Waals surface area (Å²) in [6.45, 7) is 0.550. The molecule has 0 spiro atoms. The molecule has 0 fully saturated rings. The van der Waals surface area contributed by atoms with Gasteiger partial charge < -0.3 is 10.4 Å². The molecule has 5 nitrogen and oxygen atoms in total. The monoisotopic (exact) mass is 333 g/mol. The van der Waals surface area contributed by atoms with E-state index in [-0.39, 0.29) is 18.4 Å². The predicted molar refractivity (Wildman–Crippen MR) is 90.8 cm³/mol. The quantitative estimate of drug-likeness (QED) is 0.849. The molecular weight excluding hydrogens is 310 g/mol. The largest absolute Gasteiger partial charge is 0.396 e. The van der Waals surface area contributed by atoms with Crippen LogP contribution in [0.4, 0.5) is 0 Å². The highest BCUT2D eigenvalue weighted by molar-refractivity contribution is 7.09. The van der Waals surface area contributed by atoms with Gasteiger partial charge in [0.25, 0.3) is 5.91 Å². The lowest BCUT2D eigenvalue weighted by Gasteiger charge is -2.15. The SMILES string of the molecule is Cn1nc2c(c1C(=O)NCC(CO)Cc1cccs1)CCCC2. The highest BCUT2D eigenvalue weighted by atomic mass is 32.1. The van der Waals surface area contributed by atoms with E-state index in [1.54, 1.807) is 16.0 Å². The number of carbonyl (C=O) groups excluding carboxylic acids is 1. The molecule has 0 saturated carbocycles. The van der Waals surface area contributed by atoms with Crippen LogP contribution in [0.2, 0.25) is 0 Å². The zero-order valence-electron chi connectivity index (χ0n) is 13.4. The van der Waals surface area contributed by atoms with Gasteiger partial charge in [0.2, 0.25) is 0 Å². The molecule has 2 heterocycles. The number of aliphatic hydroxyl groups is 1. The molecule has 1 atom stereocenters. The second-order valence-electron chi connectivity index (χ2n) is 6.15. The van der Waals surface area contributed by atoms with Crippen LogP contribution in [0.25, 0.3) is 0 Å². The van der Waals surface area contributed by atoms with Crippen molar-refractivity contribution >= 4 is 17.2 Å². The molecule has 2 N–H and O–H groups in total. The fourth-order valence-electron chi connectivity index (χ4n) is 3.20. The molecule has 0 aliphatic heterocycles. The standard InChI is InChI=1S/C17H23N3O2S/c1-20-16(14-6-2-3-7-15(14)19-20)17(22)18-10-12(11-21)9-13-5-4-8-23-13/h4-5,8,12,21H,2-3,6-7,9-11H2,1H3,(H,18,22). The summed E-state index contributed by atoms with van der Waals surface area (Å²) >= 11 is 1.68. The molecule has 0 saturated heterocycles. The van der Waals surface area contributed by atoms with Crippen molar-refractivity contribution in [2.45, 2.75) is 32.1 Å². The zero-order chi connectivity index (χ0) is 16.2. The smallest absolute Gasteiger partial charge is 0.269 e. The summed E-state index contributed by atoms with van der Waals surface area (Å²) < 4.78 is 1.71. The van der Waals surface area contributed by atoms with E-state index in [9.17, 15) is 9.90 Å². The Hall–Kier alpha value is -1.66. The molecule has 2 aromatic heterocycles. The number of amides is 1. The van der Waals surface area contributed by atoms with E-state index in [1.165, 1.54) is 4.88 Å². The number of thiophene rings is 1. The van der Waals surface area contributed by atoms with Gasteiger partial charge in [-0.15, -0.1) is 11.3 Å². The molecule has 1 amide bonds. The maximum atomic E-state index is 12.6. The molecule has 124 valence electrons. The van der Waals surface area contributed by atoms with E-state index < -0.39 is 0 Å². The van der Waals surface area contributed by atoms with E-state index in [2.05, 4.69) is 16.5 Å². The minimum Gasteiger partial charge on any atom is -0.396 e. The van der Waals surface area contributed by atoms with Gasteiger partial charge in [0.1, 0.15) is 5.69 Å². The Labute approximate surface area is 140 Å². The van der Waals surface area contributed by atoms with Crippen LogP contribution in [0, 0.1) is 5.92 Å². The maximum absolute atomic E-state index is 12.6. The van der Waals surface area contributed by atoms with Gasteiger partial charge in [0.15, 0.2) is 0 Å². The van der Waals surface area contributed by atoms with Crippen molar-refractivity contribution in [1.29, 1.82) is 0 Å². The first-order valence-corrected chi connectivity index (χ1v) is 9.03. The van der Waals surface area contributed by atoms with E-state index in [0.29, 0.717) is 12.2 Å². The first-order chi connectivity index (χ1) is 11.2. The van der Waals surface area contributed by atoms with Crippen LogP contribution in [-0.4, -0.2) is 33.9 Å². The number of hydrogen-bond donors (Lipinski definition) is 2. The molecule has 1 aliphatic rings.